The van der Waals surface area contributed by atoms with Gasteiger partial charge in [-0.3, -0.25) is 4.90 Å². The molecule has 1 N–H and O–H groups in total. The minimum Gasteiger partial charge on any atom is -0.375 e. The lowest BCUT2D eigenvalue weighted by Gasteiger charge is -2.51. The molecule has 19 heavy (non-hydrogen) atoms. The molecule has 0 bridgehead atoms. The Bertz CT molecular complexity index is 286. The van der Waals surface area contributed by atoms with Crippen LogP contribution in [-0.4, -0.2) is 48.3 Å². The van der Waals surface area contributed by atoms with Gasteiger partial charge in [0.15, 0.2) is 0 Å². The van der Waals surface area contributed by atoms with Crippen molar-refractivity contribution in [2.75, 3.05) is 19.7 Å². The first kappa shape index (κ1) is 13.8. The minimum atomic E-state index is 0.242. The molecule has 1 saturated carbocycles. The lowest BCUT2D eigenvalue weighted by Crippen LogP contribution is -2.61. The fourth-order valence-electron chi connectivity index (χ4n) is 4.67. The van der Waals surface area contributed by atoms with Crippen molar-refractivity contribution in [1.29, 1.82) is 0 Å². The van der Waals surface area contributed by atoms with Gasteiger partial charge in [0.05, 0.1) is 5.60 Å². The van der Waals surface area contributed by atoms with Gasteiger partial charge in [0.1, 0.15) is 0 Å². The zero-order chi connectivity index (χ0) is 13.3. The van der Waals surface area contributed by atoms with Gasteiger partial charge in [0.2, 0.25) is 0 Å². The SMILES string of the molecule is CC1CNCC(C)N1C1CCOC2(CCCCC2)C1. The first-order chi connectivity index (χ1) is 9.20. The van der Waals surface area contributed by atoms with Crippen molar-refractivity contribution < 1.29 is 4.74 Å². The van der Waals surface area contributed by atoms with Crippen LogP contribution in [0.25, 0.3) is 0 Å². The van der Waals surface area contributed by atoms with E-state index < -0.39 is 0 Å². The molecule has 0 aromatic heterocycles. The zero-order valence-corrected chi connectivity index (χ0v) is 12.7. The van der Waals surface area contributed by atoms with Gasteiger partial charge in [-0.2, -0.15) is 0 Å². The summed E-state index contributed by atoms with van der Waals surface area (Å²) in [4.78, 5) is 2.79. The fraction of sp³-hybridized carbons (Fsp3) is 1.00. The fourth-order valence-corrected chi connectivity index (χ4v) is 4.67. The highest BCUT2D eigenvalue weighted by atomic mass is 16.5. The maximum absolute atomic E-state index is 6.26. The molecule has 1 spiro atoms. The van der Waals surface area contributed by atoms with Crippen molar-refractivity contribution in [1.82, 2.24) is 10.2 Å². The Labute approximate surface area is 118 Å². The van der Waals surface area contributed by atoms with Crippen LogP contribution in [0.15, 0.2) is 0 Å². The topological polar surface area (TPSA) is 24.5 Å². The molecule has 3 rings (SSSR count). The molecule has 0 amide bonds. The Kier molecular flexibility index (Phi) is 4.16. The summed E-state index contributed by atoms with van der Waals surface area (Å²) in [6.45, 7) is 8.04. The molecular formula is C16H30N2O. The van der Waals surface area contributed by atoms with Gasteiger partial charge in [0.25, 0.3) is 0 Å². The van der Waals surface area contributed by atoms with Crippen LogP contribution >= 0.6 is 0 Å². The van der Waals surface area contributed by atoms with Crippen molar-refractivity contribution in [3.63, 3.8) is 0 Å². The highest BCUT2D eigenvalue weighted by molar-refractivity contribution is 4.96. The predicted octanol–water partition coefficient (Wildman–Crippen LogP) is 2.55. The summed E-state index contributed by atoms with van der Waals surface area (Å²) < 4.78 is 6.26. The van der Waals surface area contributed by atoms with E-state index in [0.717, 1.165) is 25.7 Å². The Morgan fingerprint density at radius 1 is 1.05 bits per heavy atom. The van der Waals surface area contributed by atoms with Crippen LogP contribution in [0, 0.1) is 0 Å². The maximum atomic E-state index is 6.26. The molecule has 2 saturated heterocycles. The van der Waals surface area contributed by atoms with E-state index in [9.17, 15) is 0 Å². The van der Waals surface area contributed by atoms with E-state index in [1.165, 1.54) is 44.9 Å². The smallest absolute Gasteiger partial charge is 0.0697 e. The van der Waals surface area contributed by atoms with Crippen molar-refractivity contribution >= 4 is 0 Å². The van der Waals surface area contributed by atoms with E-state index in [0.29, 0.717) is 12.1 Å². The summed E-state index contributed by atoms with van der Waals surface area (Å²) in [5.41, 5.74) is 0.242. The van der Waals surface area contributed by atoms with E-state index in [4.69, 9.17) is 4.74 Å². The molecule has 3 fully saturated rings. The van der Waals surface area contributed by atoms with E-state index in [1.54, 1.807) is 0 Å². The van der Waals surface area contributed by atoms with Crippen LogP contribution in [0.5, 0.6) is 0 Å². The number of ether oxygens (including phenoxy) is 1. The number of nitrogens with zero attached hydrogens (tertiary/aromatic N) is 1. The van der Waals surface area contributed by atoms with Gasteiger partial charge in [0, 0.05) is 37.8 Å². The molecule has 1 aliphatic carbocycles. The van der Waals surface area contributed by atoms with Gasteiger partial charge < -0.3 is 10.1 Å². The van der Waals surface area contributed by atoms with Gasteiger partial charge in [-0.15, -0.1) is 0 Å². The van der Waals surface area contributed by atoms with E-state index >= 15 is 0 Å². The minimum absolute atomic E-state index is 0.242. The summed E-state index contributed by atoms with van der Waals surface area (Å²) in [6, 6.07) is 2.10. The summed E-state index contributed by atoms with van der Waals surface area (Å²) in [5, 5.41) is 3.55. The number of hydrogen-bond donors (Lipinski definition) is 1. The van der Waals surface area contributed by atoms with Crippen molar-refractivity contribution in [2.45, 2.75) is 82.5 Å². The second-order valence-electron chi connectivity index (χ2n) is 7.04. The van der Waals surface area contributed by atoms with Crippen LogP contribution in [0.1, 0.15) is 58.8 Å². The Morgan fingerprint density at radius 3 is 2.42 bits per heavy atom. The summed E-state index contributed by atoms with van der Waals surface area (Å²) in [6.07, 6.45) is 9.28. The molecule has 3 heteroatoms. The quantitative estimate of drug-likeness (QED) is 0.789. The van der Waals surface area contributed by atoms with Crippen molar-refractivity contribution in [2.24, 2.45) is 0 Å². The lowest BCUT2D eigenvalue weighted by atomic mass is 9.77. The van der Waals surface area contributed by atoms with Gasteiger partial charge >= 0.3 is 0 Å². The summed E-state index contributed by atoms with van der Waals surface area (Å²) >= 11 is 0. The van der Waals surface area contributed by atoms with Crippen molar-refractivity contribution in [3.05, 3.63) is 0 Å². The van der Waals surface area contributed by atoms with Crippen LogP contribution < -0.4 is 5.32 Å². The highest BCUT2D eigenvalue weighted by Gasteiger charge is 2.42. The monoisotopic (exact) mass is 266 g/mol. The van der Waals surface area contributed by atoms with Crippen LogP contribution in [0.2, 0.25) is 0 Å². The Morgan fingerprint density at radius 2 is 1.74 bits per heavy atom. The largest absolute Gasteiger partial charge is 0.375 e. The maximum Gasteiger partial charge on any atom is 0.0697 e. The van der Waals surface area contributed by atoms with Crippen LogP contribution in [0.4, 0.5) is 0 Å². The lowest BCUT2D eigenvalue weighted by molar-refractivity contribution is -0.133. The van der Waals surface area contributed by atoms with E-state index in [-0.39, 0.29) is 5.60 Å². The number of hydrogen-bond acceptors (Lipinski definition) is 3. The summed E-state index contributed by atoms with van der Waals surface area (Å²) in [7, 11) is 0. The Hall–Kier alpha value is -0.120. The molecular weight excluding hydrogens is 236 g/mol. The number of nitrogens with one attached hydrogen (secondary N) is 1. The third kappa shape index (κ3) is 2.84. The third-order valence-corrected chi connectivity index (χ3v) is 5.55. The molecule has 3 nitrogen and oxygen atoms in total. The molecule has 0 aromatic carbocycles. The molecule has 3 aliphatic rings. The summed E-state index contributed by atoms with van der Waals surface area (Å²) in [5.74, 6) is 0. The molecule has 0 aromatic rings. The Balaban J connectivity index is 1.69. The number of rotatable bonds is 1. The van der Waals surface area contributed by atoms with Crippen LogP contribution in [-0.2, 0) is 4.74 Å². The standard InChI is InChI=1S/C16H30N2O/c1-13-11-17-12-14(2)18(13)15-6-9-19-16(10-15)7-4-3-5-8-16/h13-15,17H,3-12H2,1-2H3. The second-order valence-corrected chi connectivity index (χ2v) is 7.04. The van der Waals surface area contributed by atoms with E-state index in [2.05, 4.69) is 24.1 Å². The van der Waals surface area contributed by atoms with Crippen LogP contribution in [0.3, 0.4) is 0 Å². The average Bonchev–Trinajstić information content (AvgIpc) is 2.39. The molecule has 3 unspecified atom stereocenters. The average molecular weight is 266 g/mol. The first-order valence-electron chi connectivity index (χ1n) is 8.32. The second kappa shape index (κ2) is 5.71. The molecule has 110 valence electrons. The predicted molar refractivity (Wildman–Crippen MR) is 78.4 cm³/mol. The third-order valence-electron chi connectivity index (χ3n) is 5.55. The van der Waals surface area contributed by atoms with Gasteiger partial charge in [-0.05, 0) is 39.5 Å². The van der Waals surface area contributed by atoms with Gasteiger partial charge in [-0.25, -0.2) is 0 Å². The highest BCUT2D eigenvalue weighted by Crippen LogP contribution is 2.40. The molecule has 0 radical (unpaired) electrons. The normalized spacial score (nSPS) is 40.4. The molecule has 2 heterocycles. The van der Waals surface area contributed by atoms with E-state index in [1.807, 2.05) is 0 Å². The van der Waals surface area contributed by atoms with Crippen molar-refractivity contribution in [3.8, 4) is 0 Å². The first-order valence-corrected chi connectivity index (χ1v) is 8.32. The number of piperazine rings is 1. The zero-order valence-electron chi connectivity index (χ0n) is 12.7. The molecule has 3 atom stereocenters. The van der Waals surface area contributed by atoms with Gasteiger partial charge in [-0.1, -0.05) is 19.3 Å². The molecule has 2 aliphatic heterocycles.